The topological polar surface area (TPSA) is 103 Å². The van der Waals surface area contributed by atoms with E-state index in [1.807, 2.05) is 0 Å². The molecule has 2 aliphatic heterocycles. The van der Waals surface area contributed by atoms with Crippen LogP contribution in [0.2, 0.25) is 0 Å². The van der Waals surface area contributed by atoms with Crippen molar-refractivity contribution in [2.75, 3.05) is 57.8 Å². The highest BCUT2D eigenvalue weighted by molar-refractivity contribution is 6.01. The fourth-order valence-electron chi connectivity index (χ4n) is 3.53. The van der Waals surface area contributed by atoms with Gasteiger partial charge in [0.15, 0.2) is 0 Å². The predicted octanol–water partition coefficient (Wildman–Crippen LogP) is 0.581. The number of piperazine rings is 1. The molecule has 0 bridgehead atoms. The number of likely N-dealkylation sites (N-methyl/N-ethyl adjacent to an activating group) is 1. The summed E-state index contributed by atoms with van der Waals surface area (Å²) in [7, 11) is 1.59. The SMILES string of the molecule is CCOC(=O)c1ccc(N2CCN(C(=O)CCCN3C(=O)CN(C)C3=O)CC2)nc1. The largest absolute Gasteiger partial charge is 0.462 e. The van der Waals surface area contributed by atoms with Crippen LogP contribution in [0.1, 0.15) is 30.1 Å². The average molecular weight is 417 g/mol. The highest BCUT2D eigenvalue weighted by Crippen LogP contribution is 2.16. The molecule has 4 amide bonds. The number of ether oxygens (including phenoxy) is 1. The van der Waals surface area contributed by atoms with E-state index in [0.717, 1.165) is 5.82 Å². The first-order valence-electron chi connectivity index (χ1n) is 10.1. The average Bonchev–Trinajstić information content (AvgIpc) is 3.00. The molecule has 0 N–H and O–H groups in total. The lowest BCUT2D eigenvalue weighted by atomic mass is 10.2. The number of amides is 4. The molecule has 0 saturated carbocycles. The molecule has 0 atom stereocenters. The highest BCUT2D eigenvalue weighted by Gasteiger charge is 2.33. The summed E-state index contributed by atoms with van der Waals surface area (Å²) >= 11 is 0. The molecule has 2 aliphatic rings. The summed E-state index contributed by atoms with van der Waals surface area (Å²) in [5.41, 5.74) is 0.413. The van der Waals surface area contributed by atoms with Gasteiger partial charge in [-0.1, -0.05) is 0 Å². The molecule has 0 radical (unpaired) electrons. The van der Waals surface area contributed by atoms with Gasteiger partial charge in [0.2, 0.25) is 11.8 Å². The second-order valence-corrected chi connectivity index (χ2v) is 7.28. The Bertz CT molecular complexity index is 804. The Morgan fingerprint density at radius 1 is 1.13 bits per heavy atom. The lowest BCUT2D eigenvalue weighted by Crippen LogP contribution is -2.49. The number of urea groups is 1. The van der Waals surface area contributed by atoms with Crippen LogP contribution in [0.25, 0.3) is 0 Å². The molecule has 162 valence electrons. The molecule has 3 rings (SSSR count). The Balaban J connectivity index is 1.42. The van der Waals surface area contributed by atoms with Gasteiger partial charge in [0.1, 0.15) is 12.4 Å². The van der Waals surface area contributed by atoms with E-state index >= 15 is 0 Å². The van der Waals surface area contributed by atoms with Crippen LogP contribution in [-0.4, -0.2) is 96.4 Å². The molecule has 2 saturated heterocycles. The molecule has 1 aromatic heterocycles. The van der Waals surface area contributed by atoms with Crippen LogP contribution in [0.4, 0.5) is 10.6 Å². The van der Waals surface area contributed by atoms with Gasteiger partial charge in [-0.15, -0.1) is 0 Å². The van der Waals surface area contributed by atoms with Crippen molar-refractivity contribution in [3.63, 3.8) is 0 Å². The van der Waals surface area contributed by atoms with Crippen molar-refractivity contribution in [1.29, 1.82) is 0 Å². The molecular weight excluding hydrogens is 390 g/mol. The zero-order valence-corrected chi connectivity index (χ0v) is 17.4. The van der Waals surface area contributed by atoms with E-state index in [1.165, 1.54) is 16.0 Å². The molecular formula is C20H27N5O5. The van der Waals surface area contributed by atoms with Crippen LogP contribution < -0.4 is 4.90 Å². The summed E-state index contributed by atoms with van der Waals surface area (Å²) in [5.74, 6) is 0.166. The Labute approximate surface area is 175 Å². The Hall–Kier alpha value is -3.17. The van der Waals surface area contributed by atoms with Crippen molar-refractivity contribution < 1.29 is 23.9 Å². The van der Waals surface area contributed by atoms with Crippen molar-refractivity contribution in [3.8, 4) is 0 Å². The molecule has 1 aromatic rings. The summed E-state index contributed by atoms with van der Waals surface area (Å²) in [6, 6.07) is 3.17. The number of hydrogen-bond donors (Lipinski definition) is 0. The van der Waals surface area contributed by atoms with Crippen LogP contribution in [-0.2, 0) is 14.3 Å². The minimum Gasteiger partial charge on any atom is -0.462 e. The molecule has 3 heterocycles. The summed E-state index contributed by atoms with van der Waals surface area (Å²) in [5, 5.41) is 0. The second kappa shape index (κ2) is 9.55. The van der Waals surface area contributed by atoms with E-state index in [0.29, 0.717) is 51.2 Å². The van der Waals surface area contributed by atoms with Gasteiger partial charge in [-0.2, -0.15) is 0 Å². The van der Waals surface area contributed by atoms with Crippen molar-refractivity contribution in [2.24, 2.45) is 0 Å². The van der Waals surface area contributed by atoms with Crippen molar-refractivity contribution >= 4 is 29.6 Å². The van der Waals surface area contributed by atoms with Crippen LogP contribution in [0, 0.1) is 0 Å². The number of nitrogens with zero attached hydrogens (tertiary/aromatic N) is 5. The van der Waals surface area contributed by atoms with Gasteiger partial charge in [-0.25, -0.2) is 14.6 Å². The van der Waals surface area contributed by atoms with Crippen LogP contribution in [0.15, 0.2) is 18.3 Å². The van der Waals surface area contributed by atoms with Gasteiger partial charge in [0.25, 0.3) is 0 Å². The fourth-order valence-corrected chi connectivity index (χ4v) is 3.53. The van der Waals surface area contributed by atoms with Crippen molar-refractivity contribution in [1.82, 2.24) is 19.7 Å². The Kier molecular flexibility index (Phi) is 6.86. The quantitative estimate of drug-likeness (QED) is 0.472. The Morgan fingerprint density at radius 3 is 2.43 bits per heavy atom. The summed E-state index contributed by atoms with van der Waals surface area (Å²) in [6.07, 6.45) is 2.26. The minimum atomic E-state index is -0.393. The first-order chi connectivity index (χ1) is 14.4. The number of anilines is 1. The van der Waals surface area contributed by atoms with E-state index < -0.39 is 5.97 Å². The zero-order chi connectivity index (χ0) is 21.7. The van der Waals surface area contributed by atoms with Crippen LogP contribution >= 0.6 is 0 Å². The normalized spacial score (nSPS) is 17.0. The first kappa shape index (κ1) is 21.5. The van der Waals surface area contributed by atoms with E-state index in [-0.39, 0.29) is 30.9 Å². The zero-order valence-electron chi connectivity index (χ0n) is 17.4. The van der Waals surface area contributed by atoms with Gasteiger partial charge < -0.3 is 19.4 Å². The number of esters is 1. The molecule has 0 spiro atoms. The van der Waals surface area contributed by atoms with Crippen molar-refractivity contribution in [3.05, 3.63) is 23.9 Å². The third kappa shape index (κ3) is 4.87. The molecule has 0 aromatic carbocycles. The summed E-state index contributed by atoms with van der Waals surface area (Å²) in [6.45, 7) is 4.88. The van der Waals surface area contributed by atoms with Gasteiger partial charge in [-0.3, -0.25) is 14.5 Å². The maximum Gasteiger partial charge on any atom is 0.339 e. The number of aromatic nitrogens is 1. The molecule has 10 heteroatoms. The smallest absolute Gasteiger partial charge is 0.339 e. The van der Waals surface area contributed by atoms with Gasteiger partial charge >= 0.3 is 12.0 Å². The standard InChI is InChI=1S/C20H27N5O5/c1-3-30-19(28)15-6-7-16(21-13-15)23-9-11-24(12-10-23)17(26)5-4-8-25-18(27)14-22(2)20(25)29/h6-7,13H,3-5,8-12,14H2,1-2H3. The molecule has 2 fully saturated rings. The molecule has 0 aliphatic carbocycles. The minimum absolute atomic E-state index is 0.0210. The van der Waals surface area contributed by atoms with Gasteiger partial charge in [0.05, 0.1) is 12.2 Å². The lowest BCUT2D eigenvalue weighted by molar-refractivity contribution is -0.132. The van der Waals surface area contributed by atoms with Gasteiger partial charge in [0, 0.05) is 52.4 Å². The lowest BCUT2D eigenvalue weighted by Gasteiger charge is -2.35. The number of rotatable bonds is 7. The summed E-state index contributed by atoms with van der Waals surface area (Å²) < 4.78 is 4.96. The number of hydrogen-bond acceptors (Lipinski definition) is 7. The predicted molar refractivity (Wildman–Crippen MR) is 108 cm³/mol. The highest BCUT2D eigenvalue weighted by atomic mass is 16.5. The van der Waals surface area contributed by atoms with Gasteiger partial charge in [-0.05, 0) is 25.5 Å². The van der Waals surface area contributed by atoms with E-state index in [1.54, 1.807) is 31.0 Å². The number of carbonyl (C=O) groups is 4. The first-order valence-corrected chi connectivity index (χ1v) is 10.1. The summed E-state index contributed by atoms with van der Waals surface area (Å²) in [4.78, 5) is 58.6. The number of pyridine rings is 1. The molecule has 0 unspecified atom stereocenters. The van der Waals surface area contributed by atoms with Crippen LogP contribution in [0.3, 0.4) is 0 Å². The third-order valence-electron chi connectivity index (χ3n) is 5.22. The Morgan fingerprint density at radius 2 is 1.87 bits per heavy atom. The monoisotopic (exact) mass is 417 g/mol. The van der Waals surface area contributed by atoms with E-state index in [2.05, 4.69) is 9.88 Å². The maximum absolute atomic E-state index is 12.5. The molecule has 30 heavy (non-hydrogen) atoms. The maximum atomic E-state index is 12.5. The van der Waals surface area contributed by atoms with E-state index in [4.69, 9.17) is 4.74 Å². The van der Waals surface area contributed by atoms with Crippen molar-refractivity contribution in [2.45, 2.75) is 19.8 Å². The fraction of sp³-hybridized carbons (Fsp3) is 0.550. The number of carbonyl (C=O) groups excluding carboxylic acids is 4. The van der Waals surface area contributed by atoms with Crippen LogP contribution in [0.5, 0.6) is 0 Å². The third-order valence-corrected chi connectivity index (χ3v) is 5.22. The van der Waals surface area contributed by atoms with E-state index in [9.17, 15) is 19.2 Å². The second-order valence-electron chi connectivity index (χ2n) is 7.28. The number of imide groups is 1. The molecule has 10 nitrogen and oxygen atoms in total.